The molecule has 5 heteroatoms. The Morgan fingerprint density at radius 1 is 0.913 bits per heavy atom. The van der Waals surface area contributed by atoms with Crippen LogP contribution in [0.3, 0.4) is 0 Å². The van der Waals surface area contributed by atoms with Crippen LogP contribution >= 0.6 is 0 Å². The zero-order valence-corrected chi connectivity index (χ0v) is 15.8. The van der Waals surface area contributed by atoms with Gasteiger partial charge in [-0.05, 0) is 12.1 Å². The SMILES string of the molecule is C[N+]1(C)C[C@H]2CN(c3ccc(-c4ccccc4)nn3)C[C@H]2C1.[I-]. The van der Waals surface area contributed by atoms with Gasteiger partial charge in [-0.1, -0.05) is 30.3 Å². The van der Waals surface area contributed by atoms with Crippen LogP contribution in [-0.4, -0.2) is 55.0 Å². The van der Waals surface area contributed by atoms with Crippen molar-refractivity contribution in [1.82, 2.24) is 10.2 Å². The average molecular weight is 422 g/mol. The smallest absolute Gasteiger partial charge is 0.151 e. The molecule has 0 spiro atoms. The first kappa shape index (κ1) is 16.6. The van der Waals surface area contributed by atoms with E-state index in [9.17, 15) is 0 Å². The van der Waals surface area contributed by atoms with Crippen molar-refractivity contribution in [1.29, 1.82) is 0 Å². The van der Waals surface area contributed by atoms with Crippen LogP contribution in [0.4, 0.5) is 5.82 Å². The molecule has 2 saturated heterocycles. The summed E-state index contributed by atoms with van der Waals surface area (Å²) < 4.78 is 1.17. The lowest BCUT2D eigenvalue weighted by Gasteiger charge is -2.27. The maximum Gasteiger partial charge on any atom is 0.151 e. The van der Waals surface area contributed by atoms with Gasteiger partial charge < -0.3 is 33.4 Å². The minimum Gasteiger partial charge on any atom is -1.00 e. The number of likely N-dealkylation sites (tertiary alicyclic amines) is 1. The number of quaternary nitrogens is 1. The van der Waals surface area contributed by atoms with Crippen molar-refractivity contribution in [3.63, 3.8) is 0 Å². The van der Waals surface area contributed by atoms with Crippen LogP contribution in [0.5, 0.6) is 0 Å². The number of fused-ring (bicyclic) bond motifs is 1. The summed E-state index contributed by atoms with van der Waals surface area (Å²) in [6.45, 7) is 4.84. The van der Waals surface area contributed by atoms with Crippen molar-refractivity contribution in [2.75, 3.05) is 45.2 Å². The van der Waals surface area contributed by atoms with Crippen LogP contribution in [0.25, 0.3) is 11.3 Å². The maximum atomic E-state index is 4.47. The number of halogens is 1. The number of aromatic nitrogens is 2. The van der Waals surface area contributed by atoms with E-state index in [0.29, 0.717) is 0 Å². The standard InChI is InChI=1S/C18H23N4.HI/c1-22(2)12-15-10-21(11-16(15)13-22)18-9-8-17(19-20-18)14-6-4-3-5-7-14;/h3-9,15-16H,10-13H2,1-2H3;1H/q+1;/p-1/t15-,16+;. The Balaban J connectivity index is 0.00000156. The van der Waals surface area contributed by atoms with Gasteiger partial charge in [-0.25, -0.2) is 0 Å². The number of hydrogen-bond donors (Lipinski definition) is 0. The molecule has 1 aromatic heterocycles. The van der Waals surface area contributed by atoms with Crippen LogP contribution in [0, 0.1) is 11.8 Å². The predicted octanol–water partition coefficient (Wildman–Crippen LogP) is -0.710. The Labute approximate surface area is 155 Å². The highest BCUT2D eigenvalue weighted by atomic mass is 127. The third-order valence-corrected chi connectivity index (χ3v) is 5.08. The lowest BCUT2D eigenvalue weighted by atomic mass is 10.0. The van der Waals surface area contributed by atoms with Gasteiger partial charge in [0.25, 0.3) is 0 Å². The van der Waals surface area contributed by atoms with E-state index in [-0.39, 0.29) is 24.0 Å². The molecule has 4 nitrogen and oxygen atoms in total. The van der Waals surface area contributed by atoms with E-state index in [4.69, 9.17) is 0 Å². The normalized spacial score (nSPS) is 25.0. The quantitative estimate of drug-likeness (QED) is 0.473. The van der Waals surface area contributed by atoms with Gasteiger partial charge in [0.2, 0.25) is 0 Å². The van der Waals surface area contributed by atoms with Gasteiger partial charge in [0.15, 0.2) is 5.82 Å². The third-order valence-electron chi connectivity index (χ3n) is 5.08. The van der Waals surface area contributed by atoms with Crippen LogP contribution in [0.15, 0.2) is 42.5 Å². The lowest BCUT2D eigenvalue weighted by molar-refractivity contribution is -0.880. The molecule has 3 heterocycles. The molecule has 0 radical (unpaired) electrons. The summed E-state index contributed by atoms with van der Waals surface area (Å²) >= 11 is 0. The Morgan fingerprint density at radius 3 is 2.13 bits per heavy atom. The van der Waals surface area contributed by atoms with Crippen molar-refractivity contribution in [3.05, 3.63) is 42.5 Å². The monoisotopic (exact) mass is 422 g/mol. The molecule has 0 aliphatic carbocycles. The van der Waals surface area contributed by atoms with Gasteiger partial charge in [-0.3, -0.25) is 0 Å². The number of hydrogen-bond acceptors (Lipinski definition) is 3. The van der Waals surface area contributed by atoms with E-state index in [1.807, 2.05) is 18.2 Å². The second-order valence-electron chi connectivity index (χ2n) is 7.37. The Morgan fingerprint density at radius 2 is 1.57 bits per heavy atom. The maximum absolute atomic E-state index is 4.47. The first-order valence-corrected chi connectivity index (χ1v) is 8.07. The van der Waals surface area contributed by atoms with Gasteiger partial charge in [-0.2, -0.15) is 0 Å². The van der Waals surface area contributed by atoms with Crippen molar-refractivity contribution in [2.45, 2.75) is 0 Å². The zero-order chi connectivity index (χ0) is 15.2. The number of anilines is 1. The highest BCUT2D eigenvalue weighted by molar-refractivity contribution is 5.59. The van der Waals surface area contributed by atoms with Crippen LogP contribution < -0.4 is 28.9 Å². The van der Waals surface area contributed by atoms with E-state index in [1.54, 1.807) is 0 Å². The minimum absolute atomic E-state index is 0. The largest absolute Gasteiger partial charge is 1.00 e. The molecule has 2 aliphatic heterocycles. The van der Waals surface area contributed by atoms with Crippen molar-refractivity contribution in [2.24, 2.45) is 11.8 Å². The van der Waals surface area contributed by atoms with Gasteiger partial charge in [-0.15, -0.1) is 10.2 Å². The summed E-state index contributed by atoms with van der Waals surface area (Å²) in [6, 6.07) is 14.4. The molecule has 0 saturated carbocycles. The summed E-state index contributed by atoms with van der Waals surface area (Å²) in [5.74, 6) is 2.65. The Bertz CT molecular complexity index is 640. The van der Waals surface area contributed by atoms with Crippen molar-refractivity contribution < 1.29 is 28.5 Å². The molecule has 23 heavy (non-hydrogen) atoms. The fraction of sp³-hybridized carbons (Fsp3) is 0.444. The second-order valence-corrected chi connectivity index (χ2v) is 7.37. The number of benzene rings is 1. The van der Waals surface area contributed by atoms with E-state index >= 15 is 0 Å². The Kier molecular flexibility index (Phi) is 4.60. The topological polar surface area (TPSA) is 29.0 Å². The molecule has 0 N–H and O–H groups in total. The summed E-state index contributed by atoms with van der Waals surface area (Å²) in [4.78, 5) is 2.41. The van der Waals surface area contributed by atoms with E-state index in [1.165, 1.54) is 17.6 Å². The first-order chi connectivity index (χ1) is 10.6. The highest BCUT2D eigenvalue weighted by Crippen LogP contribution is 2.35. The van der Waals surface area contributed by atoms with Crippen LogP contribution in [0.2, 0.25) is 0 Å². The lowest BCUT2D eigenvalue weighted by Crippen LogP contribution is -3.00. The fourth-order valence-corrected chi connectivity index (χ4v) is 4.14. The van der Waals surface area contributed by atoms with Gasteiger partial charge in [0.1, 0.15) is 0 Å². The summed E-state index contributed by atoms with van der Waals surface area (Å²) in [5, 5.41) is 8.89. The number of rotatable bonds is 2. The third kappa shape index (κ3) is 3.35. The van der Waals surface area contributed by atoms with Gasteiger partial charge >= 0.3 is 0 Å². The molecule has 122 valence electrons. The fourth-order valence-electron chi connectivity index (χ4n) is 4.14. The molecular weight excluding hydrogens is 399 g/mol. The molecule has 0 unspecified atom stereocenters. The summed E-state index contributed by atoms with van der Waals surface area (Å²) in [6.07, 6.45) is 0. The van der Waals surface area contributed by atoms with Crippen LogP contribution in [-0.2, 0) is 0 Å². The van der Waals surface area contributed by atoms with E-state index in [0.717, 1.165) is 42.0 Å². The Hall–Kier alpha value is -1.21. The molecular formula is C18H23IN4. The second kappa shape index (κ2) is 6.36. The summed E-state index contributed by atoms with van der Waals surface area (Å²) in [5.41, 5.74) is 2.07. The molecule has 4 rings (SSSR count). The summed E-state index contributed by atoms with van der Waals surface area (Å²) in [7, 11) is 4.69. The van der Waals surface area contributed by atoms with Gasteiger partial charge in [0.05, 0.1) is 32.9 Å². The first-order valence-electron chi connectivity index (χ1n) is 8.07. The average Bonchev–Trinajstić information content (AvgIpc) is 3.02. The molecule has 0 amide bonds. The highest BCUT2D eigenvalue weighted by Gasteiger charge is 2.46. The van der Waals surface area contributed by atoms with E-state index < -0.39 is 0 Å². The molecule has 1 aromatic carbocycles. The molecule has 2 fully saturated rings. The number of nitrogens with zero attached hydrogens (tertiary/aromatic N) is 4. The molecule has 2 aliphatic rings. The van der Waals surface area contributed by atoms with Crippen molar-refractivity contribution in [3.8, 4) is 11.3 Å². The molecule has 0 bridgehead atoms. The molecule has 2 atom stereocenters. The van der Waals surface area contributed by atoms with Crippen molar-refractivity contribution >= 4 is 5.82 Å². The zero-order valence-electron chi connectivity index (χ0n) is 13.7. The predicted molar refractivity (Wildman–Crippen MR) is 88.5 cm³/mol. The molecule has 2 aromatic rings. The van der Waals surface area contributed by atoms with Gasteiger partial charge in [0, 0.05) is 30.5 Å². The van der Waals surface area contributed by atoms with Crippen LogP contribution in [0.1, 0.15) is 0 Å². The van der Waals surface area contributed by atoms with E-state index in [2.05, 4.69) is 53.5 Å². The minimum atomic E-state index is 0.